The molecule has 1 atom stereocenters. The van der Waals surface area contributed by atoms with Crippen LogP contribution in [0.4, 0.5) is 0 Å². The van der Waals surface area contributed by atoms with Gasteiger partial charge in [-0.05, 0) is 20.9 Å². The predicted molar refractivity (Wildman–Crippen MR) is 63.1 cm³/mol. The minimum Gasteiger partial charge on any atom is -0.383 e. The van der Waals surface area contributed by atoms with Crippen LogP contribution < -0.4 is 5.73 Å². The number of methoxy groups -OCH3 is 1. The second-order valence-corrected chi connectivity index (χ2v) is 5.06. The minimum absolute atomic E-state index is 0.0111. The molecule has 1 rings (SSSR count). The van der Waals surface area contributed by atoms with E-state index < -0.39 is 6.04 Å². The van der Waals surface area contributed by atoms with Crippen molar-refractivity contribution in [3.05, 3.63) is 0 Å². The number of nitrogens with zero attached hydrogens (tertiary/aromatic N) is 2. The zero-order valence-corrected chi connectivity index (χ0v) is 10.7. The van der Waals surface area contributed by atoms with Crippen LogP contribution in [-0.2, 0) is 9.53 Å². The maximum absolute atomic E-state index is 12.0. The van der Waals surface area contributed by atoms with Crippen molar-refractivity contribution in [1.29, 1.82) is 0 Å². The number of piperazine rings is 1. The maximum Gasteiger partial charge on any atom is 0.241 e. The lowest BCUT2D eigenvalue weighted by molar-refractivity contribution is -0.138. The standard InChI is InChI=1S/C11H23N3O2/c1-11(2)8-14(6-5-13(11)3)10(15)9(12)7-16-4/h9H,5-8,12H2,1-4H3. The van der Waals surface area contributed by atoms with Crippen LogP contribution in [0, 0.1) is 0 Å². The fourth-order valence-corrected chi connectivity index (χ4v) is 1.91. The van der Waals surface area contributed by atoms with E-state index in [2.05, 4.69) is 25.8 Å². The van der Waals surface area contributed by atoms with Gasteiger partial charge in [0.2, 0.25) is 5.91 Å². The smallest absolute Gasteiger partial charge is 0.241 e. The minimum atomic E-state index is -0.538. The highest BCUT2D eigenvalue weighted by Gasteiger charge is 2.34. The average Bonchev–Trinajstić information content (AvgIpc) is 2.21. The van der Waals surface area contributed by atoms with E-state index in [-0.39, 0.29) is 18.1 Å². The summed E-state index contributed by atoms with van der Waals surface area (Å²) >= 11 is 0. The molecule has 1 aliphatic heterocycles. The summed E-state index contributed by atoms with van der Waals surface area (Å²) in [5.41, 5.74) is 5.77. The Bertz CT molecular complexity index is 256. The van der Waals surface area contributed by atoms with Gasteiger partial charge in [-0.2, -0.15) is 0 Å². The average molecular weight is 229 g/mol. The fourth-order valence-electron chi connectivity index (χ4n) is 1.91. The van der Waals surface area contributed by atoms with Crippen LogP contribution in [0.5, 0.6) is 0 Å². The quantitative estimate of drug-likeness (QED) is 0.709. The van der Waals surface area contributed by atoms with Gasteiger partial charge in [-0.15, -0.1) is 0 Å². The highest BCUT2D eigenvalue weighted by Crippen LogP contribution is 2.19. The Morgan fingerprint density at radius 3 is 2.62 bits per heavy atom. The molecule has 1 unspecified atom stereocenters. The van der Waals surface area contributed by atoms with E-state index in [1.807, 2.05) is 4.90 Å². The third-order valence-electron chi connectivity index (χ3n) is 3.29. The SMILES string of the molecule is COCC(N)C(=O)N1CCN(C)C(C)(C)C1. The number of hydrogen-bond acceptors (Lipinski definition) is 4. The Kier molecular flexibility index (Phi) is 4.29. The molecule has 1 heterocycles. The van der Waals surface area contributed by atoms with Gasteiger partial charge in [0.05, 0.1) is 6.61 Å². The van der Waals surface area contributed by atoms with E-state index in [1.54, 1.807) is 7.11 Å². The summed E-state index contributed by atoms with van der Waals surface area (Å²) < 4.78 is 4.91. The van der Waals surface area contributed by atoms with Crippen LogP contribution in [0.25, 0.3) is 0 Å². The molecular weight excluding hydrogens is 206 g/mol. The van der Waals surface area contributed by atoms with Gasteiger partial charge < -0.3 is 15.4 Å². The molecule has 94 valence electrons. The molecule has 1 amide bonds. The van der Waals surface area contributed by atoms with Crippen LogP contribution >= 0.6 is 0 Å². The first-order valence-electron chi connectivity index (χ1n) is 5.63. The highest BCUT2D eigenvalue weighted by molar-refractivity contribution is 5.82. The molecule has 0 bridgehead atoms. The van der Waals surface area contributed by atoms with Crippen molar-refractivity contribution in [1.82, 2.24) is 9.80 Å². The van der Waals surface area contributed by atoms with Crippen molar-refractivity contribution in [2.45, 2.75) is 25.4 Å². The Hall–Kier alpha value is -0.650. The van der Waals surface area contributed by atoms with Gasteiger partial charge >= 0.3 is 0 Å². The lowest BCUT2D eigenvalue weighted by Crippen LogP contribution is -2.61. The van der Waals surface area contributed by atoms with Crippen LogP contribution in [-0.4, -0.2) is 67.7 Å². The molecule has 0 saturated carbocycles. The number of nitrogens with two attached hydrogens (primary N) is 1. The molecule has 0 spiro atoms. The molecule has 1 saturated heterocycles. The summed E-state index contributed by atoms with van der Waals surface area (Å²) in [6, 6.07) is -0.538. The molecule has 0 aromatic carbocycles. The van der Waals surface area contributed by atoms with E-state index in [1.165, 1.54) is 0 Å². The third kappa shape index (κ3) is 2.93. The second kappa shape index (κ2) is 5.12. The molecule has 5 nitrogen and oxygen atoms in total. The van der Waals surface area contributed by atoms with Gasteiger partial charge in [-0.3, -0.25) is 9.69 Å². The van der Waals surface area contributed by atoms with Crippen molar-refractivity contribution < 1.29 is 9.53 Å². The topological polar surface area (TPSA) is 58.8 Å². The van der Waals surface area contributed by atoms with E-state index in [4.69, 9.17) is 10.5 Å². The van der Waals surface area contributed by atoms with Gasteiger partial charge in [0.1, 0.15) is 6.04 Å². The summed E-state index contributed by atoms with van der Waals surface area (Å²) in [4.78, 5) is 16.1. The molecule has 1 aliphatic rings. The number of carbonyl (C=O) groups excluding carboxylic acids is 1. The predicted octanol–water partition coefficient (Wildman–Crippen LogP) is -0.487. The molecule has 0 aromatic heterocycles. The molecule has 1 fully saturated rings. The molecule has 16 heavy (non-hydrogen) atoms. The lowest BCUT2D eigenvalue weighted by Gasteiger charge is -2.45. The summed E-state index contributed by atoms with van der Waals surface area (Å²) in [5, 5.41) is 0. The van der Waals surface area contributed by atoms with E-state index >= 15 is 0 Å². The summed E-state index contributed by atoms with van der Waals surface area (Å²) in [6.45, 7) is 6.91. The van der Waals surface area contributed by atoms with E-state index in [0.717, 1.165) is 19.6 Å². The van der Waals surface area contributed by atoms with Crippen LogP contribution in [0.15, 0.2) is 0 Å². The van der Waals surface area contributed by atoms with Crippen LogP contribution in [0.2, 0.25) is 0 Å². The molecule has 0 aliphatic carbocycles. The highest BCUT2D eigenvalue weighted by atomic mass is 16.5. The van der Waals surface area contributed by atoms with E-state index in [0.29, 0.717) is 0 Å². The van der Waals surface area contributed by atoms with Crippen molar-refractivity contribution in [3.63, 3.8) is 0 Å². The Labute approximate surface area is 97.5 Å². The molecular formula is C11H23N3O2. The summed E-state index contributed by atoms with van der Waals surface area (Å²) in [6.07, 6.45) is 0. The lowest BCUT2D eigenvalue weighted by atomic mass is 9.99. The summed E-state index contributed by atoms with van der Waals surface area (Å²) in [7, 11) is 3.64. The number of hydrogen-bond donors (Lipinski definition) is 1. The molecule has 0 aromatic rings. The monoisotopic (exact) mass is 229 g/mol. The largest absolute Gasteiger partial charge is 0.383 e. The third-order valence-corrected chi connectivity index (χ3v) is 3.29. The first-order valence-corrected chi connectivity index (χ1v) is 5.63. The van der Waals surface area contributed by atoms with Crippen molar-refractivity contribution in [2.24, 2.45) is 5.73 Å². The Balaban J connectivity index is 2.59. The Morgan fingerprint density at radius 1 is 1.50 bits per heavy atom. The van der Waals surface area contributed by atoms with Crippen molar-refractivity contribution >= 4 is 5.91 Å². The molecule has 0 radical (unpaired) electrons. The number of carbonyl (C=O) groups is 1. The first-order chi connectivity index (χ1) is 7.38. The Morgan fingerprint density at radius 2 is 2.12 bits per heavy atom. The van der Waals surface area contributed by atoms with Gasteiger partial charge in [-0.1, -0.05) is 0 Å². The van der Waals surface area contributed by atoms with Crippen molar-refractivity contribution in [2.75, 3.05) is 40.4 Å². The molecule has 5 heteroatoms. The normalized spacial score (nSPS) is 23.2. The maximum atomic E-state index is 12.0. The first kappa shape index (κ1) is 13.4. The zero-order chi connectivity index (χ0) is 12.3. The molecule has 2 N–H and O–H groups in total. The van der Waals surface area contributed by atoms with Crippen molar-refractivity contribution in [3.8, 4) is 0 Å². The number of likely N-dealkylation sites (N-methyl/N-ethyl adjacent to an activating group) is 1. The number of amides is 1. The van der Waals surface area contributed by atoms with Crippen LogP contribution in [0.1, 0.15) is 13.8 Å². The van der Waals surface area contributed by atoms with Gasteiger partial charge in [0.25, 0.3) is 0 Å². The van der Waals surface area contributed by atoms with E-state index in [9.17, 15) is 4.79 Å². The zero-order valence-electron chi connectivity index (χ0n) is 10.7. The second-order valence-electron chi connectivity index (χ2n) is 5.06. The van der Waals surface area contributed by atoms with Gasteiger partial charge in [-0.25, -0.2) is 0 Å². The number of ether oxygens (including phenoxy) is 1. The fraction of sp³-hybridized carbons (Fsp3) is 0.909. The number of rotatable bonds is 3. The van der Waals surface area contributed by atoms with Gasteiger partial charge in [0, 0.05) is 32.3 Å². The van der Waals surface area contributed by atoms with Gasteiger partial charge in [0.15, 0.2) is 0 Å². The summed E-state index contributed by atoms with van der Waals surface area (Å²) in [5.74, 6) is -0.0111. The van der Waals surface area contributed by atoms with Crippen LogP contribution in [0.3, 0.4) is 0 Å².